The monoisotopic (exact) mass is 250 g/mol. The number of anilines is 1. The van der Waals surface area contributed by atoms with Gasteiger partial charge in [-0.25, -0.2) is 4.98 Å². The Morgan fingerprint density at radius 1 is 1.47 bits per heavy atom. The van der Waals surface area contributed by atoms with Crippen LogP contribution < -0.4 is 5.73 Å². The molecule has 0 radical (unpaired) electrons. The third-order valence-electron chi connectivity index (χ3n) is 2.80. The van der Waals surface area contributed by atoms with E-state index in [1.54, 1.807) is 11.3 Å². The molecule has 0 aliphatic heterocycles. The maximum absolute atomic E-state index is 5.79. The summed E-state index contributed by atoms with van der Waals surface area (Å²) in [6, 6.07) is 2.11. The Kier molecular flexibility index (Phi) is 3.19. The number of aromatic nitrogens is 3. The molecule has 0 atom stereocenters. The predicted octanol–water partition coefficient (Wildman–Crippen LogP) is 2.48. The van der Waals surface area contributed by atoms with Crippen LogP contribution >= 0.6 is 11.3 Å². The van der Waals surface area contributed by atoms with Crippen molar-refractivity contribution < 1.29 is 0 Å². The number of aryl methyl sites for hydroxylation is 2. The van der Waals surface area contributed by atoms with Crippen LogP contribution in [0.5, 0.6) is 0 Å². The molecule has 0 aliphatic carbocycles. The molecule has 5 heteroatoms. The van der Waals surface area contributed by atoms with Crippen LogP contribution in [-0.4, -0.2) is 14.8 Å². The van der Waals surface area contributed by atoms with Crippen LogP contribution in [0.4, 0.5) is 5.13 Å². The lowest BCUT2D eigenvalue weighted by Gasteiger charge is -2.03. The first-order valence-corrected chi connectivity index (χ1v) is 6.53. The zero-order chi connectivity index (χ0) is 12.6. The summed E-state index contributed by atoms with van der Waals surface area (Å²) in [5.74, 6) is 0.406. The minimum Gasteiger partial charge on any atom is -0.375 e. The molecule has 0 aliphatic rings. The number of nitrogens with two attached hydrogens (primary N) is 1. The summed E-state index contributed by atoms with van der Waals surface area (Å²) >= 11 is 1.57. The first kappa shape index (κ1) is 12.1. The quantitative estimate of drug-likeness (QED) is 0.910. The van der Waals surface area contributed by atoms with E-state index in [9.17, 15) is 0 Å². The van der Waals surface area contributed by atoms with Crippen LogP contribution in [0.1, 0.15) is 41.7 Å². The molecule has 2 aromatic heterocycles. The normalized spacial score (nSPS) is 11.4. The first-order valence-electron chi connectivity index (χ1n) is 5.72. The fourth-order valence-corrected chi connectivity index (χ4v) is 2.85. The molecular formula is C12H18N4S. The molecule has 2 heterocycles. The SMILES string of the molecule is Cc1cc(Cc2sc(N)nc2C(C)C)nn1C. The van der Waals surface area contributed by atoms with Crippen molar-refractivity contribution in [1.29, 1.82) is 0 Å². The second kappa shape index (κ2) is 4.49. The van der Waals surface area contributed by atoms with Gasteiger partial charge < -0.3 is 5.73 Å². The highest BCUT2D eigenvalue weighted by molar-refractivity contribution is 7.15. The number of nitrogens with zero attached hydrogens (tertiary/aromatic N) is 3. The number of thiazole rings is 1. The summed E-state index contributed by atoms with van der Waals surface area (Å²) in [4.78, 5) is 5.63. The lowest BCUT2D eigenvalue weighted by atomic mass is 10.1. The van der Waals surface area contributed by atoms with Gasteiger partial charge in [0.15, 0.2) is 5.13 Å². The van der Waals surface area contributed by atoms with E-state index in [0.717, 1.165) is 17.8 Å². The van der Waals surface area contributed by atoms with Crippen molar-refractivity contribution in [2.75, 3.05) is 5.73 Å². The average Bonchev–Trinajstić information content (AvgIpc) is 2.72. The van der Waals surface area contributed by atoms with Crippen LogP contribution in [0.15, 0.2) is 6.07 Å². The van der Waals surface area contributed by atoms with Crippen LogP contribution in [0.3, 0.4) is 0 Å². The molecule has 4 nitrogen and oxygen atoms in total. The van der Waals surface area contributed by atoms with Crippen molar-refractivity contribution in [2.24, 2.45) is 7.05 Å². The molecule has 0 saturated heterocycles. The number of rotatable bonds is 3. The Morgan fingerprint density at radius 2 is 2.18 bits per heavy atom. The maximum Gasteiger partial charge on any atom is 0.180 e. The third kappa shape index (κ3) is 2.49. The highest BCUT2D eigenvalue weighted by atomic mass is 32.1. The van der Waals surface area contributed by atoms with Crippen molar-refractivity contribution in [1.82, 2.24) is 14.8 Å². The summed E-state index contributed by atoms with van der Waals surface area (Å²) in [7, 11) is 1.96. The van der Waals surface area contributed by atoms with Gasteiger partial charge in [-0.3, -0.25) is 4.68 Å². The lowest BCUT2D eigenvalue weighted by molar-refractivity contribution is 0.724. The molecule has 2 N–H and O–H groups in total. The van der Waals surface area contributed by atoms with Crippen LogP contribution in [-0.2, 0) is 13.5 Å². The minimum atomic E-state index is 0.406. The summed E-state index contributed by atoms with van der Waals surface area (Å²) in [5.41, 5.74) is 9.14. The third-order valence-corrected chi connectivity index (χ3v) is 3.70. The van der Waals surface area contributed by atoms with Gasteiger partial charge >= 0.3 is 0 Å². The first-order chi connectivity index (χ1) is 7.97. The lowest BCUT2D eigenvalue weighted by Crippen LogP contribution is -1.97. The van der Waals surface area contributed by atoms with Crippen molar-refractivity contribution in [2.45, 2.75) is 33.1 Å². The number of hydrogen-bond donors (Lipinski definition) is 1. The van der Waals surface area contributed by atoms with Gasteiger partial charge in [-0.2, -0.15) is 5.10 Å². The topological polar surface area (TPSA) is 56.7 Å². The smallest absolute Gasteiger partial charge is 0.180 e. The molecular weight excluding hydrogens is 232 g/mol. The van der Waals surface area contributed by atoms with Gasteiger partial charge in [-0.1, -0.05) is 13.8 Å². The average molecular weight is 250 g/mol. The van der Waals surface area contributed by atoms with Gasteiger partial charge in [0.1, 0.15) is 0 Å². The van der Waals surface area contributed by atoms with Gasteiger partial charge in [0, 0.05) is 24.0 Å². The second-order valence-corrected chi connectivity index (χ2v) is 5.71. The molecule has 92 valence electrons. The molecule has 0 bridgehead atoms. The highest BCUT2D eigenvalue weighted by Gasteiger charge is 2.14. The molecule has 0 unspecified atom stereocenters. The molecule has 0 saturated carbocycles. The fourth-order valence-electron chi connectivity index (χ4n) is 1.85. The minimum absolute atomic E-state index is 0.406. The van der Waals surface area contributed by atoms with Crippen molar-refractivity contribution in [3.05, 3.63) is 28.0 Å². The molecule has 0 aromatic carbocycles. The molecule has 0 amide bonds. The van der Waals surface area contributed by atoms with E-state index in [-0.39, 0.29) is 0 Å². The van der Waals surface area contributed by atoms with E-state index in [1.807, 2.05) is 11.7 Å². The number of nitrogen functional groups attached to an aromatic ring is 1. The Balaban J connectivity index is 2.29. The van der Waals surface area contributed by atoms with Gasteiger partial charge in [0.2, 0.25) is 0 Å². The Labute approximate surface area is 105 Å². The van der Waals surface area contributed by atoms with E-state index in [4.69, 9.17) is 5.73 Å². The molecule has 2 aromatic rings. The zero-order valence-electron chi connectivity index (χ0n) is 10.7. The predicted molar refractivity (Wildman–Crippen MR) is 71.4 cm³/mol. The molecule has 0 fully saturated rings. The van der Waals surface area contributed by atoms with E-state index in [2.05, 4.69) is 36.9 Å². The largest absolute Gasteiger partial charge is 0.375 e. The Hall–Kier alpha value is -1.36. The van der Waals surface area contributed by atoms with E-state index in [1.165, 1.54) is 10.6 Å². The number of hydrogen-bond acceptors (Lipinski definition) is 4. The van der Waals surface area contributed by atoms with Crippen LogP contribution in [0.25, 0.3) is 0 Å². The van der Waals surface area contributed by atoms with Gasteiger partial charge in [0.25, 0.3) is 0 Å². The Bertz CT molecular complexity index is 505. The van der Waals surface area contributed by atoms with Crippen molar-refractivity contribution in [3.8, 4) is 0 Å². The van der Waals surface area contributed by atoms with Gasteiger partial charge in [0.05, 0.1) is 11.4 Å². The van der Waals surface area contributed by atoms with Crippen LogP contribution in [0.2, 0.25) is 0 Å². The van der Waals surface area contributed by atoms with E-state index < -0.39 is 0 Å². The summed E-state index contributed by atoms with van der Waals surface area (Å²) < 4.78 is 1.90. The summed E-state index contributed by atoms with van der Waals surface area (Å²) in [5, 5.41) is 5.12. The van der Waals surface area contributed by atoms with Crippen LogP contribution in [0, 0.1) is 6.92 Å². The zero-order valence-corrected chi connectivity index (χ0v) is 11.5. The van der Waals surface area contributed by atoms with Crippen molar-refractivity contribution >= 4 is 16.5 Å². The van der Waals surface area contributed by atoms with Crippen molar-refractivity contribution in [3.63, 3.8) is 0 Å². The fraction of sp³-hybridized carbons (Fsp3) is 0.500. The Morgan fingerprint density at radius 3 is 2.71 bits per heavy atom. The second-order valence-electron chi connectivity index (χ2n) is 4.59. The summed E-state index contributed by atoms with van der Waals surface area (Å²) in [6.45, 7) is 6.34. The molecule has 0 spiro atoms. The standard InChI is InChI=1S/C12H18N4S/c1-7(2)11-10(17-12(13)14-11)6-9-5-8(3)16(4)15-9/h5,7H,6H2,1-4H3,(H2,13,14). The van der Waals surface area contributed by atoms with Gasteiger partial charge in [-0.05, 0) is 18.9 Å². The maximum atomic E-state index is 5.79. The molecule has 2 rings (SSSR count). The van der Waals surface area contributed by atoms with E-state index in [0.29, 0.717) is 11.0 Å². The van der Waals surface area contributed by atoms with E-state index >= 15 is 0 Å². The summed E-state index contributed by atoms with van der Waals surface area (Å²) in [6.07, 6.45) is 0.823. The van der Waals surface area contributed by atoms with Gasteiger partial charge in [-0.15, -0.1) is 11.3 Å². The highest BCUT2D eigenvalue weighted by Crippen LogP contribution is 2.28. The molecule has 17 heavy (non-hydrogen) atoms.